The van der Waals surface area contributed by atoms with Crippen molar-refractivity contribution >= 4 is 11.9 Å². The molecule has 5 nitrogen and oxygen atoms in total. The molecule has 0 saturated heterocycles. The molecule has 98 valence electrons. The minimum atomic E-state index is -1.43. The first-order valence-electron chi connectivity index (χ1n) is 5.48. The lowest BCUT2D eigenvalue weighted by Crippen LogP contribution is -2.40. The SMILES string of the molecule is COCC(CC(=O)O)(Cc1ccccc1)C(=O)O. The lowest BCUT2D eigenvalue weighted by Gasteiger charge is -2.27. The second kappa shape index (κ2) is 6.16. The molecule has 0 aliphatic heterocycles. The van der Waals surface area contributed by atoms with Crippen molar-refractivity contribution in [3.63, 3.8) is 0 Å². The highest BCUT2D eigenvalue weighted by atomic mass is 16.5. The fraction of sp³-hybridized carbons (Fsp3) is 0.385. The summed E-state index contributed by atoms with van der Waals surface area (Å²) >= 11 is 0. The van der Waals surface area contributed by atoms with E-state index in [1.54, 1.807) is 24.3 Å². The molecule has 0 aliphatic rings. The molecule has 0 aliphatic carbocycles. The van der Waals surface area contributed by atoms with E-state index in [-0.39, 0.29) is 13.0 Å². The maximum atomic E-state index is 11.4. The zero-order valence-corrected chi connectivity index (χ0v) is 10.1. The standard InChI is InChI=1S/C13H16O5/c1-18-9-13(12(16)17,8-11(14)15)7-10-5-3-2-4-6-10/h2-6H,7-9H2,1H3,(H,14,15)(H,16,17). The fourth-order valence-corrected chi connectivity index (χ4v) is 1.93. The Morgan fingerprint density at radius 3 is 2.28 bits per heavy atom. The molecule has 2 N–H and O–H groups in total. The first-order valence-corrected chi connectivity index (χ1v) is 5.48. The van der Waals surface area contributed by atoms with Gasteiger partial charge in [0.1, 0.15) is 5.41 Å². The van der Waals surface area contributed by atoms with E-state index in [1.165, 1.54) is 7.11 Å². The Morgan fingerprint density at radius 1 is 1.22 bits per heavy atom. The Morgan fingerprint density at radius 2 is 1.83 bits per heavy atom. The molecule has 1 unspecified atom stereocenters. The van der Waals surface area contributed by atoms with E-state index < -0.39 is 23.8 Å². The maximum Gasteiger partial charge on any atom is 0.312 e. The number of carbonyl (C=O) groups is 2. The van der Waals surface area contributed by atoms with Crippen molar-refractivity contribution in [3.05, 3.63) is 35.9 Å². The van der Waals surface area contributed by atoms with Gasteiger partial charge in [-0.05, 0) is 12.0 Å². The average Bonchev–Trinajstić information content (AvgIpc) is 2.29. The molecule has 0 saturated carbocycles. The Hall–Kier alpha value is -1.88. The summed E-state index contributed by atoms with van der Waals surface area (Å²) in [5, 5.41) is 18.2. The van der Waals surface area contributed by atoms with Crippen LogP contribution in [0.2, 0.25) is 0 Å². The van der Waals surface area contributed by atoms with E-state index in [0.717, 1.165) is 5.56 Å². The van der Waals surface area contributed by atoms with Gasteiger partial charge >= 0.3 is 11.9 Å². The molecular weight excluding hydrogens is 236 g/mol. The van der Waals surface area contributed by atoms with Gasteiger partial charge < -0.3 is 14.9 Å². The molecular formula is C13H16O5. The number of ether oxygens (including phenoxy) is 1. The monoisotopic (exact) mass is 252 g/mol. The Kier molecular flexibility index (Phi) is 4.85. The van der Waals surface area contributed by atoms with Gasteiger partial charge in [0, 0.05) is 7.11 Å². The predicted molar refractivity (Wildman–Crippen MR) is 64.3 cm³/mol. The predicted octanol–water partition coefficient (Wildman–Crippen LogP) is 1.42. The van der Waals surface area contributed by atoms with E-state index in [2.05, 4.69) is 0 Å². The van der Waals surface area contributed by atoms with Crippen LogP contribution in [0.3, 0.4) is 0 Å². The van der Waals surface area contributed by atoms with Crippen LogP contribution in [0.25, 0.3) is 0 Å². The van der Waals surface area contributed by atoms with Crippen molar-refractivity contribution in [1.82, 2.24) is 0 Å². The van der Waals surface area contributed by atoms with Crippen LogP contribution in [0.15, 0.2) is 30.3 Å². The molecule has 0 fully saturated rings. The van der Waals surface area contributed by atoms with Gasteiger partial charge in [0.15, 0.2) is 0 Å². The Balaban J connectivity index is 3.01. The molecule has 1 rings (SSSR count). The highest BCUT2D eigenvalue weighted by Crippen LogP contribution is 2.28. The largest absolute Gasteiger partial charge is 0.481 e. The summed E-state index contributed by atoms with van der Waals surface area (Å²) in [5.74, 6) is -2.30. The van der Waals surface area contributed by atoms with E-state index in [1.807, 2.05) is 6.07 Å². The van der Waals surface area contributed by atoms with Crippen molar-refractivity contribution < 1.29 is 24.5 Å². The summed E-state index contributed by atoms with van der Waals surface area (Å²) in [6, 6.07) is 8.94. The minimum absolute atomic E-state index is 0.128. The number of hydrogen-bond acceptors (Lipinski definition) is 3. The molecule has 0 heterocycles. The van der Waals surface area contributed by atoms with Crippen molar-refractivity contribution in [2.75, 3.05) is 13.7 Å². The van der Waals surface area contributed by atoms with Gasteiger partial charge in [0.2, 0.25) is 0 Å². The number of hydrogen-bond donors (Lipinski definition) is 2. The van der Waals surface area contributed by atoms with Gasteiger partial charge in [-0.2, -0.15) is 0 Å². The number of benzene rings is 1. The topological polar surface area (TPSA) is 83.8 Å². The number of carboxylic acids is 2. The van der Waals surface area contributed by atoms with Crippen molar-refractivity contribution in [2.45, 2.75) is 12.8 Å². The zero-order valence-electron chi connectivity index (χ0n) is 10.1. The Labute approximate surface area is 105 Å². The molecule has 0 spiro atoms. The third-order valence-electron chi connectivity index (χ3n) is 2.75. The first-order chi connectivity index (χ1) is 8.50. The number of aliphatic carboxylic acids is 2. The maximum absolute atomic E-state index is 11.4. The smallest absolute Gasteiger partial charge is 0.312 e. The second-order valence-corrected chi connectivity index (χ2v) is 4.25. The van der Waals surface area contributed by atoms with E-state index in [9.17, 15) is 14.7 Å². The highest BCUT2D eigenvalue weighted by Gasteiger charge is 2.41. The molecule has 0 aromatic heterocycles. The van der Waals surface area contributed by atoms with Gasteiger partial charge in [0.05, 0.1) is 13.0 Å². The van der Waals surface area contributed by atoms with Crippen molar-refractivity contribution in [2.24, 2.45) is 5.41 Å². The summed E-state index contributed by atoms with van der Waals surface area (Å²) in [6.07, 6.45) is -0.339. The summed E-state index contributed by atoms with van der Waals surface area (Å²) < 4.78 is 4.90. The second-order valence-electron chi connectivity index (χ2n) is 4.25. The normalized spacial score (nSPS) is 13.8. The molecule has 0 amide bonds. The molecule has 1 aromatic rings. The molecule has 5 heteroatoms. The first kappa shape index (κ1) is 14.2. The highest BCUT2D eigenvalue weighted by molar-refractivity contribution is 5.82. The van der Waals surface area contributed by atoms with Gasteiger partial charge in [-0.15, -0.1) is 0 Å². The lowest BCUT2D eigenvalue weighted by molar-refractivity contribution is -0.159. The van der Waals surface area contributed by atoms with Crippen LogP contribution in [0.4, 0.5) is 0 Å². The van der Waals surface area contributed by atoms with E-state index >= 15 is 0 Å². The summed E-state index contributed by atoms with van der Waals surface area (Å²) in [7, 11) is 1.37. The van der Waals surface area contributed by atoms with Gasteiger partial charge in [-0.25, -0.2) is 0 Å². The molecule has 1 atom stereocenters. The Bertz CT molecular complexity index is 415. The molecule has 0 radical (unpaired) electrons. The minimum Gasteiger partial charge on any atom is -0.481 e. The van der Waals surface area contributed by atoms with Crippen LogP contribution in [0, 0.1) is 5.41 Å². The molecule has 1 aromatic carbocycles. The molecule has 18 heavy (non-hydrogen) atoms. The van der Waals surface area contributed by atoms with Crippen molar-refractivity contribution in [3.8, 4) is 0 Å². The van der Waals surface area contributed by atoms with Crippen molar-refractivity contribution in [1.29, 1.82) is 0 Å². The van der Waals surface area contributed by atoms with Gasteiger partial charge in [0.25, 0.3) is 0 Å². The van der Waals surface area contributed by atoms with Crippen LogP contribution in [-0.4, -0.2) is 35.9 Å². The number of carboxylic acid groups (broad SMARTS) is 2. The van der Waals surface area contributed by atoms with Crippen LogP contribution in [-0.2, 0) is 20.7 Å². The average molecular weight is 252 g/mol. The van der Waals surface area contributed by atoms with Gasteiger partial charge in [-0.3, -0.25) is 9.59 Å². The zero-order chi connectivity index (χ0) is 13.6. The van der Waals surface area contributed by atoms with Crippen LogP contribution in [0.5, 0.6) is 0 Å². The fourth-order valence-electron chi connectivity index (χ4n) is 1.93. The summed E-state index contributed by atoms with van der Waals surface area (Å²) in [4.78, 5) is 22.3. The summed E-state index contributed by atoms with van der Waals surface area (Å²) in [6.45, 7) is -0.135. The lowest BCUT2D eigenvalue weighted by atomic mass is 9.79. The third kappa shape index (κ3) is 3.56. The van der Waals surface area contributed by atoms with E-state index in [4.69, 9.17) is 9.84 Å². The third-order valence-corrected chi connectivity index (χ3v) is 2.75. The van der Waals surface area contributed by atoms with Gasteiger partial charge in [-0.1, -0.05) is 30.3 Å². The van der Waals surface area contributed by atoms with E-state index in [0.29, 0.717) is 0 Å². The van der Waals surface area contributed by atoms with Crippen LogP contribution in [0.1, 0.15) is 12.0 Å². The number of methoxy groups -OCH3 is 1. The number of rotatable bonds is 7. The quantitative estimate of drug-likeness (QED) is 0.766. The molecule has 0 bridgehead atoms. The van der Waals surface area contributed by atoms with Crippen LogP contribution < -0.4 is 0 Å². The summed E-state index contributed by atoms with van der Waals surface area (Å²) in [5.41, 5.74) is -0.653. The van der Waals surface area contributed by atoms with Crippen LogP contribution >= 0.6 is 0 Å².